The number of benzene rings is 4. The summed E-state index contributed by atoms with van der Waals surface area (Å²) in [6.07, 6.45) is 1.49. The number of carbonyl (C=O) groups is 1. The van der Waals surface area contributed by atoms with E-state index >= 15 is 0 Å². The highest BCUT2D eigenvalue weighted by atomic mass is 16.6. The van der Waals surface area contributed by atoms with Crippen LogP contribution in [0.25, 0.3) is 21.9 Å². The van der Waals surface area contributed by atoms with Crippen molar-refractivity contribution >= 4 is 23.0 Å². The largest absolute Gasteiger partial charge is 0.489 e. The maximum Gasteiger partial charge on any atom is 0.344 e. The minimum atomic E-state index is -1.06. The molecule has 0 fully saturated rings. The molecule has 0 aliphatic rings. The monoisotopic (exact) mass is 411 g/mol. The van der Waals surface area contributed by atoms with E-state index in [4.69, 9.17) is 14.7 Å². The lowest BCUT2D eigenvalue weighted by molar-refractivity contribution is -0.142. The van der Waals surface area contributed by atoms with Crippen molar-refractivity contribution in [2.75, 3.05) is 6.61 Å². The van der Waals surface area contributed by atoms with E-state index in [1.807, 2.05) is 60.7 Å². The first-order chi connectivity index (χ1) is 15.2. The van der Waals surface area contributed by atoms with E-state index in [9.17, 15) is 4.79 Å². The van der Waals surface area contributed by atoms with Gasteiger partial charge in [-0.05, 0) is 57.3 Å². The highest BCUT2D eigenvalue weighted by Gasteiger charge is 2.02. The molecule has 0 heterocycles. The predicted molar refractivity (Wildman–Crippen MR) is 121 cm³/mol. The Morgan fingerprint density at radius 3 is 2.45 bits per heavy atom. The van der Waals surface area contributed by atoms with Gasteiger partial charge in [-0.3, -0.25) is 0 Å². The molecule has 0 saturated heterocycles. The number of carboxylic acids is 1. The molecule has 1 N–H and O–H groups in total. The van der Waals surface area contributed by atoms with Gasteiger partial charge in [0.2, 0.25) is 6.61 Å². The van der Waals surface area contributed by atoms with Crippen LogP contribution in [0.3, 0.4) is 0 Å². The van der Waals surface area contributed by atoms with Gasteiger partial charge in [-0.1, -0.05) is 71.9 Å². The fraction of sp³-hybridized carbons (Fsp3) is 0.0769. The lowest BCUT2D eigenvalue weighted by Crippen LogP contribution is -2.03. The van der Waals surface area contributed by atoms with Crippen LogP contribution in [-0.2, 0) is 16.2 Å². The second-order valence-electron chi connectivity index (χ2n) is 7.02. The quantitative estimate of drug-likeness (QED) is 0.306. The fourth-order valence-corrected chi connectivity index (χ4v) is 3.23. The minimum absolute atomic E-state index is 0.461. The summed E-state index contributed by atoms with van der Waals surface area (Å²) < 4.78 is 5.95. The molecule has 0 bridgehead atoms. The Labute approximate surface area is 180 Å². The molecule has 5 nitrogen and oxygen atoms in total. The number of ether oxygens (including phenoxy) is 1. The summed E-state index contributed by atoms with van der Waals surface area (Å²) in [6, 6.07) is 30.3. The molecule has 4 rings (SSSR count). The van der Waals surface area contributed by atoms with Crippen molar-refractivity contribution in [2.45, 2.75) is 6.61 Å². The van der Waals surface area contributed by atoms with Crippen LogP contribution in [0.2, 0.25) is 0 Å². The Morgan fingerprint density at radius 2 is 1.65 bits per heavy atom. The Balaban J connectivity index is 1.39. The predicted octanol–water partition coefficient (Wildman–Crippen LogP) is 5.52. The molecule has 0 aliphatic carbocycles. The highest BCUT2D eigenvalue weighted by Crippen LogP contribution is 2.24. The molecule has 5 heteroatoms. The third kappa shape index (κ3) is 5.48. The Bertz CT molecular complexity index is 1220. The molecule has 0 amide bonds. The Morgan fingerprint density at radius 1 is 0.839 bits per heavy atom. The van der Waals surface area contributed by atoms with Gasteiger partial charge in [0.25, 0.3) is 0 Å². The number of rotatable bonds is 8. The molecule has 0 saturated carbocycles. The third-order valence-electron chi connectivity index (χ3n) is 4.76. The molecular weight excluding hydrogens is 390 g/mol. The maximum atomic E-state index is 10.4. The summed E-state index contributed by atoms with van der Waals surface area (Å²) >= 11 is 0. The highest BCUT2D eigenvalue weighted by molar-refractivity contribution is 5.83. The second kappa shape index (κ2) is 9.59. The van der Waals surface area contributed by atoms with Gasteiger partial charge < -0.3 is 14.7 Å². The zero-order valence-corrected chi connectivity index (χ0v) is 16.8. The third-order valence-corrected chi connectivity index (χ3v) is 4.76. The van der Waals surface area contributed by atoms with Crippen LogP contribution >= 0.6 is 0 Å². The van der Waals surface area contributed by atoms with Crippen molar-refractivity contribution in [2.24, 2.45) is 5.16 Å². The number of carboxylic acid groups (broad SMARTS) is 1. The van der Waals surface area contributed by atoms with Crippen molar-refractivity contribution in [1.29, 1.82) is 0 Å². The first-order valence-corrected chi connectivity index (χ1v) is 9.85. The number of fused-ring (bicyclic) bond motifs is 1. The van der Waals surface area contributed by atoms with Crippen LogP contribution in [0.1, 0.15) is 11.1 Å². The molecule has 4 aromatic carbocycles. The molecule has 0 atom stereocenters. The minimum Gasteiger partial charge on any atom is -0.489 e. The van der Waals surface area contributed by atoms with Gasteiger partial charge in [0.05, 0.1) is 6.21 Å². The summed E-state index contributed by atoms with van der Waals surface area (Å²) in [5.41, 5.74) is 4.00. The first-order valence-electron chi connectivity index (χ1n) is 9.85. The van der Waals surface area contributed by atoms with E-state index in [0.29, 0.717) is 6.61 Å². The van der Waals surface area contributed by atoms with Crippen molar-refractivity contribution in [3.63, 3.8) is 0 Å². The lowest BCUT2D eigenvalue weighted by atomic mass is 10.0. The Kier molecular flexibility index (Phi) is 6.24. The normalized spacial score (nSPS) is 11.0. The molecule has 0 spiro atoms. The van der Waals surface area contributed by atoms with E-state index < -0.39 is 12.6 Å². The number of oxime groups is 1. The molecule has 31 heavy (non-hydrogen) atoms. The molecule has 4 aromatic rings. The van der Waals surface area contributed by atoms with Gasteiger partial charge >= 0.3 is 5.97 Å². The average Bonchev–Trinajstić information content (AvgIpc) is 2.81. The topological polar surface area (TPSA) is 68.1 Å². The first kappa shape index (κ1) is 20.2. The standard InChI is InChI=1S/C26H21NO4/c28-26(29)18-31-27-16-19-4-3-7-24(14-19)22-10-12-25(13-11-22)30-17-20-8-9-21-5-1-2-6-23(21)15-20/h1-16H,17-18H2,(H,28,29). The van der Waals surface area contributed by atoms with Crippen LogP contribution in [0.5, 0.6) is 5.75 Å². The van der Waals surface area contributed by atoms with E-state index in [2.05, 4.69) is 35.5 Å². The van der Waals surface area contributed by atoms with E-state index in [-0.39, 0.29) is 0 Å². The van der Waals surface area contributed by atoms with E-state index in [1.165, 1.54) is 17.0 Å². The molecule has 0 radical (unpaired) electrons. The summed E-state index contributed by atoms with van der Waals surface area (Å²) in [4.78, 5) is 15.1. The van der Waals surface area contributed by atoms with Gasteiger partial charge in [0.1, 0.15) is 12.4 Å². The number of nitrogens with zero attached hydrogens (tertiary/aromatic N) is 1. The van der Waals surface area contributed by atoms with Gasteiger partial charge in [0, 0.05) is 0 Å². The average molecular weight is 411 g/mol. The van der Waals surface area contributed by atoms with Gasteiger partial charge in [-0.25, -0.2) is 4.79 Å². The molecule has 154 valence electrons. The SMILES string of the molecule is O=C(O)CON=Cc1cccc(-c2ccc(OCc3ccc4ccccc4c3)cc2)c1. The van der Waals surface area contributed by atoms with Crippen LogP contribution in [0, 0.1) is 0 Å². The zero-order valence-electron chi connectivity index (χ0n) is 16.8. The second-order valence-corrected chi connectivity index (χ2v) is 7.02. The van der Waals surface area contributed by atoms with Gasteiger partial charge in [0.15, 0.2) is 0 Å². The summed E-state index contributed by atoms with van der Waals surface area (Å²) in [5, 5.41) is 14.7. The fourth-order valence-electron chi connectivity index (χ4n) is 3.23. The van der Waals surface area contributed by atoms with Gasteiger partial charge in [-0.15, -0.1) is 0 Å². The summed E-state index contributed by atoms with van der Waals surface area (Å²) in [6.45, 7) is 0.0450. The van der Waals surface area contributed by atoms with Crippen LogP contribution in [0.4, 0.5) is 0 Å². The van der Waals surface area contributed by atoms with Crippen molar-refractivity contribution in [1.82, 2.24) is 0 Å². The smallest absolute Gasteiger partial charge is 0.344 e. The number of aliphatic carboxylic acids is 1. The van der Waals surface area contributed by atoms with Crippen molar-refractivity contribution in [3.8, 4) is 16.9 Å². The molecule has 0 aromatic heterocycles. The number of hydrogen-bond acceptors (Lipinski definition) is 4. The van der Waals surface area contributed by atoms with Crippen molar-refractivity contribution in [3.05, 3.63) is 102 Å². The Hall–Kier alpha value is -4.12. The van der Waals surface area contributed by atoms with Crippen LogP contribution < -0.4 is 4.74 Å². The summed E-state index contributed by atoms with van der Waals surface area (Å²) in [7, 11) is 0. The van der Waals surface area contributed by atoms with E-state index in [1.54, 1.807) is 0 Å². The van der Waals surface area contributed by atoms with E-state index in [0.717, 1.165) is 28.0 Å². The zero-order chi connectivity index (χ0) is 21.5. The number of hydrogen-bond donors (Lipinski definition) is 1. The van der Waals surface area contributed by atoms with Crippen LogP contribution in [0.15, 0.2) is 96.2 Å². The maximum absolute atomic E-state index is 10.4. The summed E-state index contributed by atoms with van der Waals surface area (Å²) in [5.74, 6) is -0.259. The molecular formula is C26H21NO4. The van der Waals surface area contributed by atoms with Crippen LogP contribution in [-0.4, -0.2) is 23.9 Å². The van der Waals surface area contributed by atoms with Gasteiger partial charge in [-0.2, -0.15) is 0 Å². The molecule has 0 aliphatic heterocycles. The lowest BCUT2D eigenvalue weighted by Gasteiger charge is -2.09. The van der Waals surface area contributed by atoms with Crippen molar-refractivity contribution < 1.29 is 19.5 Å². The molecule has 0 unspecified atom stereocenters.